The molecule has 0 spiro atoms. The van der Waals surface area contributed by atoms with Gasteiger partial charge in [-0.2, -0.15) is 13.2 Å². The molecule has 0 aliphatic heterocycles. The van der Waals surface area contributed by atoms with Gasteiger partial charge >= 0.3 is 12.1 Å². The number of rotatable bonds is 7. The SMILES string of the molecule is O=C(O)/C(=C\c1ccc(OCc2cccc(C(F)(F)F)c2)cc1)NC(=O)c1ccccc1. The van der Waals surface area contributed by atoms with Crippen molar-refractivity contribution >= 4 is 18.0 Å². The number of alkyl halides is 3. The van der Waals surface area contributed by atoms with E-state index in [0.717, 1.165) is 12.1 Å². The molecule has 0 bridgehead atoms. The highest BCUT2D eigenvalue weighted by Gasteiger charge is 2.30. The predicted molar refractivity (Wildman–Crippen MR) is 112 cm³/mol. The molecule has 8 heteroatoms. The third-order valence-corrected chi connectivity index (χ3v) is 4.37. The molecular formula is C24H18F3NO4. The van der Waals surface area contributed by atoms with Crippen LogP contribution in [0.1, 0.15) is 27.0 Å². The number of carboxylic acids is 1. The summed E-state index contributed by atoms with van der Waals surface area (Å²) in [4.78, 5) is 23.7. The van der Waals surface area contributed by atoms with Crippen LogP contribution in [-0.2, 0) is 17.6 Å². The van der Waals surface area contributed by atoms with E-state index in [-0.39, 0.29) is 12.3 Å². The number of ether oxygens (including phenoxy) is 1. The van der Waals surface area contributed by atoms with Crippen LogP contribution in [0.3, 0.4) is 0 Å². The van der Waals surface area contributed by atoms with Gasteiger partial charge in [0, 0.05) is 5.56 Å². The van der Waals surface area contributed by atoms with E-state index >= 15 is 0 Å². The highest BCUT2D eigenvalue weighted by molar-refractivity contribution is 6.02. The first kappa shape index (κ1) is 22.6. The Labute approximate surface area is 181 Å². The van der Waals surface area contributed by atoms with Crippen LogP contribution in [0.4, 0.5) is 13.2 Å². The van der Waals surface area contributed by atoms with Crippen molar-refractivity contribution in [2.75, 3.05) is 0 Å². The van der Waals surface area contributed by atoms with Crippen LogP contribution in [0, 0.1) is 0 Å². The Morgan fingerprint density at radius 1 is 0.938 bits per heavy atom. The van der Waals surface area contributed by atoms with Crippen molar-refractivity contribution in [2.24, 2.45) is 0 Å². The largest absolute Gasteiger partial charge is 0.489 e. The minimum Gasteiger partial charge on any atom is -0.489 e. The van der Waals surface area contributed by atoms with Gasteiger partial charge in [-0.15, -0.1) is 0 Å². The van der Waals surface area contributed by atoms with E-state index in [9.17, 15) is 27.9 Å². The first-order chi connectivity index (χ1) is 15.2. The number of carboxylic acid groups (broad SMARTS) is 1. The van der Waals surface area contributed by atoms with Gasteiger partial charge in [-0.25, -0.2) is 4.79 Å². The molecule has 0 aliphatic carbocycles. The van der Waals surface area contributed by atoms with Gasteiger partial charge in [0.25, 0.3) is 5.91 Å². The summed E-state index contributed by atoms with van der Waals surface area (Å²) < 4.78 is 43.9. The quantitative estimate of drug-likeness (QED) is 0.498. The van der Waals surface area contributed by atoms with Crippen molar-refractivity contribution in [3.8, 4) is 5.75 Å². The van der Waals surface area contributed by atoms with Gasteiger partial charge in [0.1, 0.15) is 18.1 Å². The Morgan fingerprint density at radius 2 is 1.62 bits per heavy atom. The minimum atomic E-state index is -4.43. The molecule has 0 saturated heterocycles. The standard InChI is InChI=1S/C24H18F3NO4/c25-24(26,27)19-8-4-5-17(13-19)15-32-20-11-9-16(10-12-20)14-21(23(30)31)28-22(29)18-6-2-1-3-7-18/h1-14H,15H2,(H,28,29)(H,30,31)/b21-14+. The zero-order valence-corrected chi connectivity index (χ0v) is 16.6. The summed E-state index contributed by atoms with van der Waals surface area (Å²) in [6.07, 6.45) is -3.14. The molecule has 0 fully saturated rings. The van der Waals surface area contributed by atoms with Gasteiger partial charge in [-0.3, -0.25) is 4.79 Å². The van der Waals surface area contributed by atoms with Crippen LogP contribution in [0.25, 0.3) is 6.08 Å². The zero-order valence-electron chi connectivity index (χ0n) is 16.6. The first-order valence-corrected chi connectivity index (χ1v) is 9.43. The molecule has 0 saturated carbocycles. The third kappa shape index (κ3) is 6.21. The van der Waals surface area contributed by atoms with Crippen molar-refractivity contribution in [2.45, 2.75) is 12.8 Å². The van der Waals surface area contributed by atoms with Gasteiger partial charge in [-0.05, 0) is 53.6 Å². The Balaban J connectivity index is 1.66. The summed E-state index contributed by atoms with van der Waals surface area (Å²) in [6, 6.07) is 19.3. The molecule has 3 aromatic rings. The number of aliphatic carboxylic acids is 1. The second kappa shape index (κ2) is 9.82. The van der Waals surface area contributed by atoms with Crippen LogP contribution >= 0.6 is 0 Å². The van der Waals surface area contributed by atoms with Crippen LogP contribution in [-0.4, -0.2) is 17.0 Å². The molecule has 2 N–H and O–H groups in total. The van der Waals surface area contributed by atoms with Crippen LogP contribution in [0.2, 0.25) is 0 Å². The molecule has 0 atom stereocenters. The third-order valence-electron chi connectivity index (χ3n) is 4.37. The molecule has 3 rings (SSSR count). The summed E-state index contributed by atoms with van der Waals surface area (Å²) in [5, 5.41) is 11.7. The number of hydrogen-bond acceptors (Lipinski definition) is 3. The molecule has 32 heavy (non-hydrogen) atoms. The van der Waals surface area contributed by atoms with Crippen molar-refractivity contribution < 1.29 is 32.6 Å². The summed E-state index contributed by atoms with van der Waals surface area (Å²) in [5.74, 6) is -1.47. The van der Waals surface area contributed by atoms with E-state index in [4.69, 9.17) is 4.74 Å². The van der Waals surface area contributed by atoms with Crippen molar-refractivity contribution in [3.63, 3.8) is 0 Å². The second-order valence-electron chi connectivity index (χ2n) is 6.74. The van der Waals surface area contributed by atoms with Gasteiger partial charge < -0.3 is 15.2 Å². The molecule has 164 valence electrons. The monoisotopic (exact) mass is 441 g/mol. The lowest BCUT2D eigenvalue weighted by atomic mass is 10.1. The summed E-state index contributed by atoms with van der Waals surface area (Å²) in [5.41, 5.74) is 0.107. The lowest BCUT2D eigenvalue weighted by Crippen LogP contribution is -2.27. The topological polar surface area (TPSA) is 75.6 Å². The van der Waals surface area contributed by atoms with Gasteiger partial charge in [-0.1, -0.05) is 42.5 Å². The zero-order chi connectivity index (χ0) is 23.1. The van der Waals surface area contributed by atoms with Crippen LogP contribution < -0.4 is 10.1 Å². The minimum absolute atomic E-state index is 0.0629. The van der Waals surface area contributed by atoms with E-state index in [2.05, 4.69) is 5.32 Å². The summed E-state index contributed by atoms with van der Waals surface area (Å²) >= 11 is 0. The Morgan fingerprint density at radius 3 is 2.25 bits per heavy atom. The lowest BCUT2D eigenvalue weighted by Gasteiger charge is -2.10. The fourth-order valence-corrected chi connectivity index (χ4v) is 2.77. The smallest absolute Gasteiger partial charge is 0.416 e. The molecule has 5 nitrogen and oxygen atoms in total. The maximum atomic E-state index is 12.8. The van der Waals surface area contributed by atoms with Gasteiger partial charge in [0.05, 0.1) is 5.56 Å². The Hall–Kier alpha value is -4.07. The normalized spacial score (nSPS) is 11.7. The van der Waals surface area contributed by atoms with E-state index in [0.29, 0.717) is 22.4 Å². The Bertz CT molecular complexity index is 1120. The molecular weight excluding hydrogens is 423 g/mol. The van der Waals surface area contributed by atoms with E-state index < -0.39 is 23.6 Å². The molecule has 0 radical (unpaired) electrons. The van der Waals surface area contributed by atoms with E-state index in [1.807, 2.05) is 0 Å². The molecule has 0 heterocycles. The van der Waals surface area contributed by atoms with Crippen molar-refractivity contribution in [1.82, 2.24) is 5.32 Å². The summed E-state index contributed by atoms with van der Waals surface area (Å²) in [7, 11) is 0. The molecule has 3 aromatic carbocycles. The Kier molecular flexibility index (Phi) is 6.94. The van der Waals surface area contributed by atoms with Crippen molar-refractivity contribution in [1.29, 1.82) is 0 Å². The lowest BCUT2D eigenvalue weighted by molar-refractivity contribution is -0.137. The number of carbonyl (C=O) groups excluding carboxylic acids is 1. The van der Waals surface area contributed by atoms with Gasteiger partial charge in [0.2, 0.25) is 0 Å². The molecule has 1 amide bonds. The maximum Gasteiger partial charge on any atom is 0.416 e. The van der Waals surface area contributed by atoms with E-state index in [1.54, 1.807) is 54.6 Å². The average Bonchev–Trinajstić information content (AvgIpc) is 2.78. The second-order valence-corrected chi connectivity index (χ2v) is 6.74. The molecule has 0 aliphatic rings. The number of nitrogens with one attached hydrogen (secondary N) is 1. The predicted octanol–water partition coefficient (Wildman–Crippen LogP) is 5.14. The van der Waals surface area contributed by atoms with E-state index in [1.165, 1.54) is 18.2 Å². The first-order valence-electron chi connectivity index (χ1n) is 9.43. The maximum absolute atomic E-state index is 12.8. The molecule has 0 unspecified atom stereocenters. The number of carbonyl (C=O) groups is 2. The highest BCUT2D eigenvalue weighted by Crippen LogP contribution is 2.29. The average molecular weight is 441 g/mol. The number of hydrogen-bond donors (Lipinski definition) is 2. The number of benzene rings is 3. The number of halogens is 3. The van der Waals surface area contributed by atoms with Crippen LogP contribution in [0.15, 0.2) is 84.6 Å². The fraction of sp³-hybridized carbons (Fsp3) is 0.0833. The highest BCUT2D eigenvalue weighted by atomic mass is 19.4. The number of amides is 1. The van der Waals surface area contributed by atoms with Gasteiger partial charge in [0.15, 0.2) is 0 Å². The summed E-state index contributed by atoms with van der Waals surface area (Å²) in [6.45, 7) is -0.0629. The molecule has 0 aromatic heterocycles. The van der Waals surface area contributed by atoms with Crippen molar-refractivity contribution in [3.05, 3.63) is 107 Å². The van der Waals surface area contributed by atoms with Crippen LogP contribution in [0.5, 0.6) is 5.75 Å². The fourth-order valence-electron chi connectivity index (χ4n) is 2.77.